The molecule has 3 rings (SSSR count). The summed E-state index contributed by atoms with van der Waals surface area (Å²) >= 11 is 5.64. The zero-order valence-electron chi connectivity index (χ0n) is 13.6. The van der Waals surface area contributed by atoms with Crippen molar-refractivity contribution in [3.05, 3.63) is 52.9 Å². The number of rotatable bonds is 8. The molecule has 7 heteroatoms. The Morgan fingerprint density at radius 2 is 1.92 bits per heavy atom. The lowest BCUT2D eigenvalue weighted by atomic mass is 10.1. The van der Waals surface area contributed by atoms with Crippen molar-refractivity contribution in [3.63, 3.8) is 0 Å². The number of furan rings is 1. The van der Waals surface area contributed by atoms with Crippen LogP contribution in [0.5, 0.6) is 5.75 Å². The molecule has 0 saturated heterocycles. The topological polar surface area (TPSA) is 80.6 Å². The molecule has 1 heterocycles. The molecule has 0 atom stereocenters. The summed E-state index contributed by atoms with van der Waals surface area (Å²) in [6, 6.07) is 10.8. The highest BCUT2D eigenvalue weighted by atomic mass is 35.5. The van der Waals surface area contributed by atoms with Crippen molar-refractivity contribution < 1.29 is 18.7 Å². The van der Waals surface area contributed by atoms with Crippen LogP contribution in [0.1, 0.15) is 29.0 Å². The van der Waals surface area contributed by atoms with Gasteiger partial charge in [-0.25, -0.2) is 0 Å². The zero-order valence-corrected chi connectivity index (χ0v) is 14.3. The Bertz CT molecular complexity index is 738. The van der Waals surface area contributed by atoms with Gasteiger partial charge in [0.05, 0.1) is 0 Å². The standard InChI is InChI=1S/C18H19ClN2O4/c19-16-8-7-15(25-16)18(23)20-10-9-12-1-5-14(6-2-12)24-11-17(22)21-13-3-4-13/h1-2,5-8,13H,3-4,9-11H2,(H,20,23)(H,21,22). The largest absolute Gasteiger partial charge is 0.484 e. The number of benzene rings is 1. The van der Waals surface area contributed by atoms with E-state index < -0.39 is 0 Å². The van der Waals surface area contributed by atoms with Gasteiger partial charge in [-0.3, -0.25) is 9.59 Å². The van der Waals surface area contributed by atoms with Gasteiger partial charge in [-0.1, -0.05) is 12.1 Å². The number of halogens is 1. The second-order valence-electron chi connectivity index (χ2n) is 5.88. The normalized spacial score (nSPS) is 13.3. The Hall–Kier alpha value is -2.47. The summed E-state index contributed by atoms with van der Waals surface area (Å²) in [7, 11) is 0. The lowest BCUT2D eigenvalue weighted by molar-refractivity contribution is -0.123. The summed E-state index contributed by atoms with van der Waals surface area (Å²) in [5.74, 6) is 0.447. The van der Waals surface area contributed by atoms with Gasteiger partial charge in [0.1, 0.15) is 5.75 Å². The Balaban J connectivity index is 1.38. The van der Waals surface area contributed by atoms with E-state index >= 15 is 0 Å². The van der Waals surface area contributed by atoms with Gasteiger partial charge >= 0.3 is 0 Å². The third-order valence-electron chi connectivity index (χ3n) is 3.73. The second-order valence-corrected chi connectivity index (χ2v) is 6.26. The van der Waals surface area contributed by atoms with Crippen molar-refractivity contribution in [2.45, 2.75) is 25.3 Å². The van der Waals surface area contributed by atoms with E-state index in [1.54, 1.807) is 0 Å². The van der Waals surface area contributed by atoms with Gasteiger partial charge in [-0.05, 0) is 60.7 Å². The summed E-state index contributed by atoms with van der Waals surface area (Å²) < 4.78 is 10.5. The van der Waals surface area contributed by atoms with Crippen molar-refractivity contribution in [1.29, 1.82) is 0 Å². The highest BCUT2D eigenvalue weighted by Gasteiger charge is 2.23. The maximum atomic E-state index is 11.8. The minimum atomic E-state index is -0.298. The van der Waals surface area contributed by atoms with E-state index in [9.17, 15) is 9.59 Å². The van der Waals surface area contributed by atoms with E-state index in [2.05, 4.69) is 10.6 Å². The molecule has 1 aromatic carbocycles. The number of carbonyl (C=O) groups excluding carboxylic acids is 2. The lowest BCUT2D eigenvalue weighted by Gasteiger charge is -2.08. The highest BCUT2D eigenvalue weighted by Crippen LogP contribution is 2.18. The summed E-state index contributed by atoms with van der Waals surface area (Å²) in [6.45, 7) is 0.499. The van der Waals surface area contributed by atoms with Crippen LogP contribution in [0.15, 0.2) is 40.8 Å². The maximum absolute atomic E-state index is 11.8. The van der Waals surface area contributed by atoms with E-state index in [0.717, 1.165) is 18.4 Å². The fraction of sp³-hybridized carbons (Fsp3) is 0.333. The number of hydrogen-bond acceptors (Lipinski definition) is 4. The fourth-order valence-corrected chi connectivity index (χ4v) is 2.39. The first-order valence-electron chi connectivity index (χ1n) is 8.15. The number of amides is 2. The molecule has 2 N–H and O–H groups in total. The van der Waals surface area contributed by atoms with Crippen LogP contribution in [-0.4, -0.2) is 31.0 Å². The molecular formula is C18H19ClN2O4. The van der Waals surface area contributed by atoms with Crippen LogP contribution in [0.3, 0.4) is 0 Å². The number of ether oxygens (including phenoxy) is 1. The summed E-state index contributed by atoms with van der Waals surface area (Å²) in [5.41, 5.74) is 1.05. The molecule has 132 valence electrons. The third-order valence-corrected chi connectivity index (χ3v) is 3.94. The van der Waals surface area contributed by atoms with E-state index in [1.165, 1.54) is 12.1 Å². The first-order valence-corrected chi connectivity index (χ1v) is 8.52. The average Bonchev–Trinajstić information content (AvgIpc) is 3.31. The number of hydrogen-bond donors (Lipinski definition) is 2. The van der Waals surface area contributed by atoms with Crippen LogP contribution in [0.25, 0.3) is 0 Å². The van der Waals surface area contributed by atoms with Gasteiger partial charge in [0.15, 0.2) is 17.6 Å². The van der Waals surface area contributed by atoms with Crippen LogP contribution in [-0.2, 0) is 11.2 Å². The Morgan fingerprint density at radius 1 is 1.16 bits per heavy atom. The van der Waals surface area contributed by atoms with E-state index in [4.69, 9.17) is 20.8 Å². The Morgan fingerprint density at radius 3 is 2.56 bits per heavy atom. The predicted octanol–water partition coefficient (Wildman–Crippen LogP) is 2.56. The molecule has 1 saturated carbocycles. The molecule has 6 nitrogen and oxygen atoms in total. The van der Waals surface area contributed by atoms with Crippen LogP contribution in [0, 0.1) is 0 Å². The third kappa shape index (κ3) is 5.53. The smallest absolute Gasteiger partial charge is 0.287 e. The van der Waals surface area contributed by atoms with Crippen LogP contribution in [0.2, 0.25) is 5.22 Å². The van der Waals surface area contributed by atoms with Gasteiger partial charge in [0, 0.05) is 12.6 Å². The summed E-state index contributed by atoms with van der Waals surface area (Å²) in [6.07, 6.45) is 2.79. The van der Waals surface area contributed by atoms with E-state index in [0.29, 0.717) is 24.8 Å². The molecule has 0 spiro atoms. The number of nitrogens with one attached hydrogen (secondary N) is 2. The summed E-state index contributed by atoms with van der Waals surface area (Å²) in [4.78, 5) is 23.4. The fourth-order valence-electron chi connectivity index (χ4n) is 2.24. The maximum Gasteiger partial charge on any atom is 0.287 e. The van der Waals surface area contributed by atoms with Crippen molar-refractivity contribution in [2.24, 2.45) is 0 Å². The van der Waals surface area contributed by atoms with Crippen LogP contribution >= 0.6 is 11.6 Å². The molecule has 0 bridgehead atoms. The predicted molar refractivity (Wildman–Crippen MR) is 92.9 cm³/mol. The van der Waals surface area contributed by atoms with Gasteiger partial charge in [-0.2, -0.15) is 0 Å². The summed E-state index contributed by atoms with van der Waals surface area (Å²) in [5, 5.41) is 5.82. The first kappa shape index (κ1) is 17.4. The SMILES string of the molecule is O=C(COc1ccc(CCNC(=O)c2ccc(Cl)o2)cc1)NC1CC1. The molecular weight excluding hydrogens is 344 g/mol. The molecule has 1 aromatic heterocycles. The molecule has 0 radical (unpaired) electrons. The average molecular weight is 363 g/mol. The highest BCUT2D eigenvalue weighted by molar-refractivity contribution is 6.29. The van der Waals surface area contributed by atoms with Crippen molar-refractivity contribution in [1.82, 2.24) is 10.6 Å². The lowest BCUT2D eigenvalue weighted by Crippen LogP contribution is -2.30. The quantitative estimate of drug-likeness (QED) is 0.756. The molecule has 0 aliphatic heterocycles. The Labute approximate surface area is 150 Å². The van der Waals surface area contributed by atoms with E-state index in [-0.39, 0.29) is 29.4 Å². The molecule has 1 aliphatic carbocycles. The molecule has 0 unspecified atom stereocenters. The van der Waals surface area contributed by atoms with Gasteiger partial charge < -0.3 is 19.8 Å². The molecule has 1 aliphatic rings. The molecule has 2 aromatic rings. The second kappa shape index (κ2) is 8.07. The van der Waals surface area contributed by atoms with Gasteiger partial charge in [0.2, 0.25) is 0 Å². The number of carbonyl (C=O) groups is 2. The van der Waals surface area contributed by atoms with Crippen molar-refractivity contribution in [2.75, 3.05) is 13.2 Å². The minimum absolute atomic E-state index is 0.0254. The van der Waals surface area contributed by atoms with Gasteiger partial charge in [-0.15, -0.1) is 0 Å². The minimum Gasteiger partial charge on any atom is -0.484 e. The van der Waals surface area contributed by atoms with Crippen molar-refractivity contribution >= 4 is 23.4 Å². The van der Waals surface area contributed by atoms with Crippen LogP contribution in [0.4, 0.5) is 0 Å². The molecule has 2 amide bonds. The van der Waals surface area contributed by atoms with Crippen molar-refractivity contribution in [3.8, 4) is 5.75 Å². The zero-order chi connectivity index (χ0) is 17.6. The molecule has 1 fully saturated rings. The monoisotopic (exact) mass is 362 g/mol. The van der Waals surface area contributed by atoms with Gasteiger partial charge in [0.25, 0.3) is 11.8 Å². The molecule has 25 heavy (non-hydrogen) atoms. The first-order chi connectivity index (χ1) is 12.1. The van der Waals surface area contributed by atoms with Crippen LogP contribution < -0.4 is 15.4 Å². The van der Waals surface area contributed by atoms with E-state index in [1.807, 2.05) is 24.3 Å². The Kier molecular flexibility index (Phi) is 5.60.